The van der Waals surface area contributed by atoms with Crippen LogP contribution in [0.4, 0.5) is 5.13 Å². The Labute approximate surface area is 127 Å². The van der Waals surface area contributed by atoms with Gasteiger partial charge in [-0.3, -0.25) is 4.79 Å². The minimum absolute atomic E-state index is 0.0327. The molecule has 2 aromatic carbocycles. The highest BCUT2D eigenvalue weighted by atomic mass is 32.1. The molecule has 0 saturated carbocycles. The van der Waals surface area contributed by atoms with Crippen molar-refractivity contribution in [1.29, 1.82) is 0 Å². The van der Waals surface area contributed by atoms with Gasteiger partial charge in [0.25, 0.3) is 0 Å². The Balaban J connectivity index is 1.72. The Morgan fingerprint density at radius 1 is 1.10 bits per heavy atom. The summed E-state index contributed by atoms with van der Waals surface area (Å²) in [4.78, 5) is 16.5. The monoisotopic (exact) mass is 296 g/mol. The molecule has 0 saturated heterocycles. The minimum atomic E-state index is -0.0327. The van der Waals surface area contributed by atoms with Crippen molar-refractivity contribution in [1.82, 2.24) is 4.98 Å². The quantitative estimate of drug-likeness (QED) is 0.791. The van der Waals surface area contributed by atoms with Gasteiger partial charge in [-0.05, 0) is 37.1 Å². The second kappa shape index (κ2) is 5.66. The van der Waals surface area contributed by atoms with Gasteiger partial charge in [0.1, 0.15) is 0 Å². The van der Waals surface area contributed by atoms with Gasteiger partial charge < -0.3 is 5.32 Å². The Morgan fingerprint density at radius 2 is 1.81 bits per heavy atom. The molecular weight excluding hydrogens is 280 g/mol. The number of thiazole rings is 1. The SMILES string of the molecule is Cc1ccc(CC(=O)Nc2nc3ccc(C)cc3s2)cc1. The van der Waals surface area contributed by atoms with Gasteiger partial charge in [-0.15, -0.1) is 0 Å². The first kappa shape index (κ1) is 13.8. The summed E-state index contributed by atoms with van der Waals surface area (Å²) in [5.74, 6) is -0.0327. The molecule has 0 spiro atoms. The lowest BCUT2D eigenvalue weighted by Gasteiger charge is -2.02. The lowest BCUT2D eigenvalue weighted by atomic mass is 10.1. The molecule has 0 aliphatic carbocycles. The summed E-state index contributed by atoms with van der Waals surface area (Å²) in [5, 5.41) is 3.54. The van der Waals surface area contributed by atoms with E-state index in [9.17, 15) is 4.79 Å². The molecule has 0 unspecified atom stereocenters. The lowest BCUT2D eigenvalue weighted by molar-refractivity contribution is -0.115. The molecular formula is C17H16N2OS. The average Bonchev–Trinajstić information content (AvgIpc) is 2.82. The molecule has 3 nitrogen and oxygen atoms in total. The normalized spacial score (nSPS) is 10.8. The molecule has 3 aromatic rings. The van der Waals surface area contributed by atoms with E-state index in [4.69, 9.17) is 0 Å². The van der Waals surface area contributed by atoms with Gasteiger partial charge in [0.2, 0.25) is 5.91 Å². The number of hydrogen-bond acceptors (Lipinski definition) is 3. The predicted molar refractivity (Wildman–Crippen MR) is 87.9 cm³/mol. The van der Waals surface area contributed by atoms with Crippen LogP contribution in [0.1, 0.15) is 16.7 Å². The summed E-state index contributed by atoms with van der Waals surface area (Å²) in [6.07, 6.45) is 0.370. The molecule has 0 radical (unpaired) electrons. The molecule has 4 heteroatoms. The second-order valence-corrected chi connectivity index (χ2v) is 6.23. The first-order valence-corrected chi connectivity index (χ1v) is 7.64. The molecule has 3 rings (SSSR count). The first-order chi connectivity index (χ1) is 10.1. The molecule has 1 heterocycles. The van der Waals surface area contributed by atoms with E-state index in [1.165, 1.54) is 22.5 Å². The van der Waals surface area contributed by atoms with Gasteiger partial charge in [0, 0.05) is 0 Å². The molecule has 0 aliphatic rings. The largest absolute Gasteiger partial charge is 0.302 e. The number of nitrogens with one attached hydrogen (secondary N) is 1. The Morgan fingerprint density at radius 3 is 2.57 bits per heavy atom. The third kappa shape index (κ3) is 3.28. The first-order valence-electron chi connectivity index (χ1n) is 6.83. The van der Waals surface area contributed by atoms with E-state index in [2.05, 4.69) is 23.3 Å². The minimum Gasteiger partial charge on any atom is -0.302 e. The van der Waals surface area contributed by atoms with Gasteiger partial charge >= 0.3 is 0 Å². The maximum absolute atomic E-state index is 12.1. The number of amides is 1. The number of nitrogens with zero attached hydrogens (tertiary/aromatic N) is 1. The molecule has 21 heavy (non-hydrogen) atoms. The molecule has 0 aliphatic heterocycles. The predicted octanol–water partition coefficient (Wildman–Crippen LogP) is 4.09. The zero-order chi connectivity index (χ0) is 14.8. The highest BCUT2D eigenvalue weighted by Crippen LogP contribution is 2.26. The Kier molecular flexibility index (Phi) is 3.71. The van der Waals surface area contributed by atoms with E-state index in [1.807, 2.05) is 43.3 Å². The highest BCUT2D eigenvalue weighted by molar-refractivity contribution is 7.22. The van der Waals surface area contributed by atoms with Crippen LogP contribution in [0.25, 0.3) is 10.2 Å². The number of carbonyl (C=O) groups excluding carboxylic acids is 1. The van der Waals surface area contributed by atoms with Crippen LogP contribution < -0.4 is 5.32 Å². The average molecular weight is 296 g/mol. The van der Waals surface area contributed by atoms with Crippen LogP contribution in [0, 0.1) is 13.8 Å². The highest BCUT2D eigenvalue weighted by Gasteiger charge is 2.08. The number of aromatic nitrogens is 1. The maximum Gasteiger partial charge on any atom is 0.230 e. The topological polar surface area (TPSA) is 42.0 Å². The van der Waals surface area contributed by atoms with Crippen molar-refractivity contribution in [2.24, 2.45) is 0 Å². The Hall–Kier alpha value is -2.20. The molecule has 0 atom stereocenters. The summed E-state index contributed by atoms with van der Waals surface area (Å²) >= 11 is 1.51. The van der Waals surface area contributed by atoms with Crippen molar-refractivity contribution in [2.45, 2.75) is 20.3 Å². The zero-order valence-electron chi connectivity index (χ0n) is 12.0. The standard InChI is InChI=1S/C17H16N2OS/c1-11-3-6-13(7-4-11)10-16(20)19-17-18-14-8-5-12(2)9-15(14)21-17/h3-9H,10H2,1-2H3,(H,18,19,20). The summed E-state index contributed by atoms with van der Waals surface area (Å²) < 4.78 is 1.10. The van der Waals surface area contributed by atoms with Crippen molar-refractivity contribution < 1.29 is 4.79 Å². The molecule has 0 bridgehead atoms. The van der Waals surface area contributed by atoms with Crippen LogP contribution in [0.5, 0.6) is 0 Å². The number of hydrogen-bond donors (Lipinski definition) is 1. The summed E-state index contributed by atoms with van der Waals surface area (Å²) in [7, 11) is 0. The third-order valence-electron chi connectivity index (χ3n) is 3.28. The number of fused-ring (bicyclic) bond motifs is 1. The van der Waals surface area contributed by atoms with Crippen molar-refractivity contribution in [3.8, 4) is 0 Å². The van der Waals surface area contributed by atoms with Gasteiger partial charge in [-0.25, -0.2) is 4.98 Å². The van der Waals surface area contributed by atoms with Gasteiger partial charge in [-0.1, -0.05) is 47.2 Å². The number of aryl methyl sites for hydroxylation is 2. The zero-order valence-corrected chi connectivity index (χ0v) is 12.8. The molecule has 1 amide bonds. The lowest BCUT2D eigenvalue weighted by Crippen LogP contribution is -2.14. The van der Waals surface area contributed by atoms with Crippen LogP contribution in [-0.2, 0) is 11.2 Å². The smallest absolute Gasteiger partial charge is 0.230 e. The van der Waals surface area contributed by atoms with Crippen LogP contribution in [0.2, 0.25) is 0 Å². The number of anilines is 1. The van der Waals surface area contributed by atoms with Crippen LogP contribution in [0.15, 0.2) is 42.5 Å². The maximum atomic E-state index is 12.1. The van der Waals surface area contributed by atoms with Crippen LogP contribution in [0.3, 0.4) is 0 Å². The van der Waals surface area contributed by atoms with E-state index >= 15 is 0 Å². The van der Waals surface area contributed by atoms with Gasteiger partial charge in [0.05, 0.1) is 16.6 Å². The fourth-order valence-corrected chi connectivity index (χ4v) is 3.12. The summed E-state index contributed by atoms with van der Waals surface area (Å²) in [6, 6.07) is 14.1. The fourth-order valence-electron chi connectivity index (χ4n) is 2.14. The molecule has 1 aromatic heterocycles. The van der Waals surface area contributed by atoms with Crippen LogP contribution >= 0.6 is 11.3 Å². The number of carbonyl (C=O) groups is 1. The van der Waals surface area contributed by atoms with Crippen molar-refractivity contribution in [3.05, 3.63) is 59.2 Å². The third-order valence-corrected chi connectivity index (χ3v) is 4.21. The molecule has 1 N–H and O–H groups in total. The number of benzene rings is 2. The number of rotatable bonds is 3. The van der Waals surface area contributed by atoms with Crippen molar-refractivity contribution in [2.75, 3.05) is 5.32 Å². The summed E-state index contributed by atoms with van der Waals surface area (Å²) in [6.45, 7) is 4.09. The van der Waals surface area contributed by atoms with E-state index in [-0.39, 0.29) is 5.91 Å². The van der Waals surface area contributed by atoms with E-state index < -0.39 is 0 Å². The Bertz CT molecular complexity index is 790. The van der Waals surface area contributed by atoms with E-state index in [1.54, 1.807) is 0 Å². The van der Waals surface area contributed by atoms with Gasteiger partial charge in [-0.2, -0.15) is 0 Å². The van der Waals surface area contributed by atoms with Crippen molar-refractivity contribution in [3.63, 3.8) is 0 Å². The van der Waals surface area contributed by atoms with Crippen molar-refractivity contribution >= 4 is 32.6 Å². The van der Waals surface area contributed by atoms with Crippen LogP contribution in [-0.4, -0.2) is 10.9 Å². The molecule has 106 valence electrons. The van der Waals surface area contributed by atoms with Gasteiger partial charge in [0.15, 0.2) is 5.13 Å². The second-order valence-electron chi connectivity index (χ2n) is 5.20. The molecule has 0 fully saturated rings. The fraction of sp³-hybridized carbons (Fsp3) is 0.176. The van der Waals surface area contributed by atoms with E-state index in [0.717, 1.165) is 15.8 Å². The van der Waals surface area contributed by atoms with E-state index in [0.29, 0.717) is 11.6 Å². The summed E-state index contributed by atoms with van der Waals surface area (Å²) in [5.41, 5.74) is 4.33.